The summed E-state index contributed by atoms with van der Waals surface area (Å²) in [6.07, 6.45) is 7.45. The Kier molecular flexibility index (Phi) is 8.46. The largest absolute Gasteiger partial charge is 0.458 e. The minimum absolute atomic E-state index is 0.0849. The number of hydrogen-bond donors (Lipinski definition) is 1. The molecule has 3 aliphatic carbocycles. The molecule has 174 valence electrons. The van der Waals surface area contributed by atoms with Gasteiger partial charge in [0.25, 0.3) is 0 Å². The number of fused-ring (bicyclic) bond motifs is 3. The second-order valence-corrected chi connectivity index (χ2v) is 8.06. The Morgan fingerprint density at radius 2 is 1.77 bits per heavy atom. The number of aliphatic hydroxyl groups excluding tert-OH is 1. The number of Topliss-reactive ketones (excluding diaryl/α,β-unsaturated/α-hetero) is 1. The van der Waals surface area contributed by atoms with E-state index in [1.165, 1.54) is 0 Å². The van der Waals surface area contributed by atoms with Crippen molar-refractivity contribution >= 4 is 11.8 Å². The summed E-state index contributed by atoms with van der Waals surface area (Å²) in [5.41, 5.74) is 2.91. The molecule has 1 N–H and O–H groups in total. The SMILES string of the molecule is CC.CC.CC.CC12CCC3=C(COC3=O)C1CC1OC13C(=O)C(CCCO)=CC=C23. The average molecular weight is 433 g/mol. The molecule has 5 heteroatoms. The van der Waals surface area contributed by atoms with Crippen molar-refractivity contribution in [2.75, 3.05) is 13.2 Å². The number of esters is 1. The minimum Gasteiger partial charge on any atom is -0.458 e. The van der Waals surface area contributed by atoms with E-state index < -0.39 is 5.60 Å². The Labute approximate surface area is 187 Å². The van der Waals surface area contributed by atoms with Crippen LogP contribution in [0, 0.1) is 11.3 Å². The van der Waals surface area contributed by atoms with E-state index in [-0.39, 0.29) is 35.8 Å². The molecule has 0 amide bonds. The van der Waals surface area contributed by atoms with Gasteiger partial charge in [0.1, 0.15) is 12.7 Å². The lowest BCUT2D eigenvalue weighted by atomic mass is 9.52. The lowest BCUT2D eigenvalue weighted by Crippen LogP contribution is -2.49. The number of carbonyl (C=O) groups excluding carboxylic acids is 2. The van der Waals surface area contributed by atoms with E-state index in [0.717, 1.165) is 35.1 Å². The van der Waals surface area contributed by atoms with Gasteiger partial charge in [0.15, 0.2) is 11.4 Å². The predicted octanol–water partition coefficient (Wildman–Crippen LogP) is 5.08. The highest BCUT2D eigenvalue weighted by Crippen LogP contribution is 2.67. The molecule has 5 aliphatic rings. The molecule has 31 heavy (non-hydrogen) atoms. The molecule has 2 heterocycles. The molecular formula is C26H40O5. The quantitative estimate of drug-likeness (QED) is 0.497. The Morgan fingerprint density at radius 1 is 1.10 bits per heavy atom. The van der Waals surface area contributed by atoms with Crippen molar-refractivity contribution in [2.45, 2.75) is 92.3 Å². The number of ether oxygens (including phenoxy) is 2. The van der Waals surface area contributed by atoms with Gasteiger partial charge in [-0.15, -0.1) is 0 Å². The second kappa shape index (κ2) is 10.3. The number of ketones is 1. The zero-order valence-electron chi connectivity index (χ0n) is 20.3. The van der Waals surface area contributed by atoms with Crippen LogP contribution in [0.15, 0.2) is 34.4 Å². The minimum atomic E-state index is -0.772. The van der Waals surface area contributed by atoms with E-state index >= 15 is 0 Å². The third-order valence-corrected chi connectivity index (χ3v) is 6.95. The molecule has 4 unspecified atom stereocenters. The van der Waals surface area contributed by atoms with Crippen molar-refractivity contribution in [1.29, 1.82) is 0 Å². The summed E-state index contributed by atoms with van der Waals surface area (Å²) in [4.78, 5) is 25.1. The van der Waals surface area contributed by atoms with Gasteiger partial charge in [-0.3, -0.25) is 4.79 Å². The highest BCUT2D eigenvalue weighted by atomic mass is 16.6. The van der Waals surface area contributed by atoms with Crippen LogP contribution in [0.3, 0.4) is 0 Å². The van der Waals surface area contributed by atoms with Gasteiger partial charge in [0, 0.05) is 12.2 Å². The van der Waals surface area contributed by atoms with Crippen molar-refractivity contribution in [1.82, 2.24) is 0 Å². The molecule has 2 fully saturated rings. The highest BCUT2D eigenvalue weighted by molar-refractivity contribution is 6.08. The number of epoxide rings is 1. The smallest absolute Gasteiger partial charge is 0.334 e. The summed E-state index contributed by atoms with van der Waals surface area (Å²) in [5.74, 6) is 0.141. The Bertz CT molecular complexity index is 790. The lowest BCUT2D eigenvalue weighted by Gasteiger charge is -2.48. The van der Waals surface area contributed by atoms with Crippen molar-refractivity contribution in [3.63, 3.8) is 0 Å². The van der Waals surface area contributed by atoms with E-state index in [1.807, 2.05) is 47.6 Å². The molecule has 4 atom stereocenters. The van der Waals surface area contributed by atoms with E-state index in [2.05, 4.69) is 13.0 Å². The van der Waals surface area contributed by atoms with Crippen molar-refractivity contribution in [3.05, 3.63) is 34.4 Å². The second-order valence-electron chi connectivity index (χ2n) is 8.06. The Morgan fingerprint density at radius 3 is 2.42 bits per heavy atom. The monoisotopic (exact) mass is 432 g/mol. The van der Waals surface area contributed by atoms with Crippen LogP contribution in [0.5, 0.6) is 0 Å². The summed E-state index contributed by atoms with van der Waals surface area (Å²) >= 11 is 0. The molecule has 0 bridgehead atoms. The van der Waals surface area contributed by atoms with Crippen LogP contribution in [-0.4, -0.2) is 41.8 Å². The summed E-state index contributed by atoms with van der Waals surface area (Å²) in [6, 6.07) is 0. The number of carbonyl (C=O) groups is 2. The zero-order valence-corrected chi connectivity index (χ0v) is 20.3. The van der Waals surface area contributed by atoms with Gasteiger partial charge in [-0.05, 0) is 60.2 Å². The zero-order chi connectivity index (χ0) is 23.4. The van der Waals surface area contributed by atoms with Gasteiger partial charge in [-0.1, -0.05) is 60.6 Å². The number of allylic oxidation sites excluding steroid dienone is 2. The Balaban J connectivity index is 0.000000527. The van der Waals surface area contributed by atoms with Gasteiger partial charge in [0.05, 0.1) is 0 Å². The number of hydrogen-bond acceptors (Lipinski definition) is 5. The molecule has 0 radical (unpaired) electrons. The van der Waals surface area contributed by atoms with Gasteiger partial charge in [0.2, 0.25) is 0 Å². The fraction of sp³-hybridized carbons (Fsp3) is 0.692. The molecule has 0 aromatic heterocycles. The maximum atomic E-state index is 13.1. The van der Waals surface area contributed by atoms with Crippen molar-refractivity contribution in [3.8, 4) is 0 Å². The maximum Gasteiger partial charge on any atom is 0.334 e. The topological polar surface area (TPSA) is 76.1 Å². The molecule has 1 spiro atoms. The van der Waals surface area contributed by atoms with Gasteiger partial charge >= 0.3 is 5.97 Å². The summed E-state index contributed by atoms with van der Waals surface area (Å²) in [6.45, 7) is 14.7. The molecule has 1 saturated carbocycles. The van der Waals surface area contributed by atoms with E-state index in [0.29, 0.717) is 25.9 Å². The average Bonchev–Trinajstić information content (AvgIpc) is 3.42. The van der Waals surface area contributed by atoms with Crippen LogP contribution >= 0.6 is 0 Å². The summed E-state index contributed by atoms with van der Waals surface area (Å²) < 4.78 is 11.3. The first-order chi connectivity index (χ1) is 15.0. The van der Waals surface area contributed by atoms with Gasteiger partial charge in [-0.25, -0.2) is 4.79 Å². The first-order valence-corrected chi connectivity index (χ1v) is 12.2. The predicted molar refractivity (Wildman–Crippen MR) is 123 cm³/mol. The van der Waals surface area contributed by atoms with E-state index in [1.54, 1.807) is 0 Å². The van der Waals surface area contributed by atoms with E-state index in [9.17, 15) is 9.59 Å². The number of cyclic esters (lactones) is 1. The van der Waals surface area contributed by atoms with Gasteiger partial charge in [-0.2, -0.15) is 0 Å². The Hall–Kier alpha value is -1.72. The first-order valence-electron chi connectivity index (χ1n) is 12.2. The third kappa shape index (κ3) is 3.84. The first kappa shape index (κ1) is 25.5. The highest BCUT2D eigenvalue weighted by Gasteiger charge is 2.73. The molecule has 5 rings (SSSR count). The van der Waals surface area contributed by atoms with Crippen LogP contribution in [0.4, 0.5) is 0 Å². The normalized spacial score (nSPS) is 33.8. The summed E-state index contributed by atoms with van der Waals surface area (Å²) in [7, 11) is 0. The molecule has 1 saturated heterocycles. The molecular weight excluding hydrogens is 392 g/mol. The maximum absolute atomic E-state index is 13.1. The molecule has 0 aromatic carbocycles. The molecule has 2 aliphatic heterocycles. The van der Waals surface area contributed by atoms with Crippen LogP contribution in [0.25, 0.3) is 0 Å². The van der Waals surface area contributed by atoms with Crippen LogP contribution in [0.2, 0.25) is 0 Å². The molecule has 5 nitrogen and oxygen atoms in total. The van der Waals surface area contributed by atoms with Crippen molar-refractivity contribution < 1.29 is 24.2 Å². The van der Waals surface area contributed by atoms with Crippen LogP contribution in [0.1, 0.15) is 80.6 Å². The number of aliphatic hydroxyl groups is 1. The lowest BCUT2D eigenvalue weighted by molar-refractivity contribution is -0.136. The van der Waals surface area contributed by atoms with Crippen LogP contribution < -0.4 is 0 Å². The number of rotatable bonds is 3. The summed E-state index contributed by atoms with van der Waals surface area (Å²) in [5, 5.41) is 9.06. The van der Waals surface area contributed by atoms with Crippen LogP contribution in [-0.2, 0) is 19.1 Å². The fourth-order valence-electron chi connectivity index (χ4n) is 5.57. The fourth-order valence-corrected chi connectivity index (χ4v) is 5.57. The molecule has 0 aromatic rings. The van der Waals surface area contributed by atoms with Crippen molar-refractivity contribution in [2.24, 2.45) is 11.3 Å². The third-order valence-electron chi connectivity index (χ3n) is 6.95. The van der Waals surface area contributed by atoms with Gasteiger partial charge < -0.3 is 14.6 Å². The standard InChI is InChI=1S/C20H22O5.3C2H6/c1-19-7-6-12-13(10-24-18(12)23)14(19)9-16-20(25-16)15(19)5-4-11(17(20)22)3-2-8-21;3*1-2/h4-5,14,16,21H,2-3,6-10H2,1H3;3*1-2H3. The van der Waals surface area contributed by atoms with E-state index in [4.69, 9.17) is 14.6 Å².